The third kappa shape index (κ3) is 4.01. The summed E-state index contributed by atoms with van der Waals surface area (Å²) < 4.78 is 4.96. The number of hydrogen-bond donors (Lipinski definition) is 3. The molecule has 3 N–H and O–H groups in total. The van der Waals surface area contributed by atoms with Crippen molar-refractivity contribution in [3.63, 3.8) is 0 Å². The number of aromatic nitrogens is 1. The zero-order chi connectivity index (χ0) is 12.8. The Labute approximate surface area is 99.3 Å². The lowest BCUT2D eigenvalue weighted by Gasteiger charge is -2.18. The highest BCUT2D eigenvalue weighted by Crippen LogP contribution is 2.19. The van der Waals surface area contributed by atoms with Gasteiger partial charge in [-0.15, -0.1) is 0 Å². The zero-order valence-corrected chi connectivity index (χ0v) is 9.75. The molecule has 1 aromatic rings. The van der Waals surface area contributed by atoms with Gasteiger partial charge in [0.1, 0.15) is 18.0 Å². The van der Waals surface area contributed by atoms with E-state index in [0.29, 0.717) is 11.3 Å². The fourth-order valence-electron chi connectivity index (χ4n) is 1.29. The number of nitrogens with zero attached hydrogens (tertiary/aromatic N) is 1. The molecular formula is C11H16N2O4. The maximum absolute atomic E-state index is 10.7. The summed E-state index contributed by atoms with van der Waals surface area (Å²) in [6.45, 7) is 1.32. The third-order valence-electron chi connectivity index (χ3n) is 2.24. The van der Waals surface area contributed by atoms with Gasteiger partial charge in [0.25, 0.3) is 0 Å². The third-order valence-corrected chi connectivity index (χ3v) is 2.24. The van der Waals surface area contributed by atoms with Gasteiger partial charge in [0.15, 0.2) is 0 Å². The van der Waals surface area contributed by atoms with E-state index in [1.54, 1.807) is 6.07 Å². The molecule has 0 aliphatic rings. The quantitative estimate of drug-likeness (QED) is 0.652. The number of aliphatic hydroxyl groups excluding tert-OH is 2. The van der Waals surface area contributed by atoms with Crippen molar-refractivity contribution in [1.82, 2.24) is 10.3 Å². The van der Waals surface area contributed by atoms with Crippen LogP contribution in [-0.2, 0) is 4.79 Å². The average molecular weight is 240 g/mol. The van der Waals surface area contributed by atoms with Gasteiger partial charge in [-0.3, -0.25) is 9.78 Å². The average Bonchev–Trinajstić information content (AvgIpc) is 2.35. The van der Waals surface area contributed by atoms with E-state index in [9.17, 15) is 15.0 Å². The molecule has 1 heterocycles. The first kappa shape index (κ1) is 13.4. The standard InChI is InChI=1S/C11H16N2O4/c1-7(14)13-6-10(15)11(16)8-3-9(17-2)5-12-4-8/h3-5,10-11,15-16H,6H2,1-2H3,(H,13,14). The van der Waals surface area contributed by atoms with Crippen molar-refractivity contribution in [3.05, 3.63) is 24.0 Å². The van der Waals surface area contributed by atoms with Crippen LogP contribution in [0.5, 0.6) is 5.75 Å². The molecule has 0 saturated heterocycles. The summed E-state index contributed by atoms with van der Waals surface area (Å²) in [4.78, 5) is 14.5. The lowest BCUT2D eigenvalue weighted by molar-refractivity contribution is -0.119. The second-order valence-electron chi connectivity index (χ2n) is 3.61. The van der Waals surface area contributed by atoms with E-state index in [2.05, 4.69) is 10.3 Å². The molecule has 0 bridgehead atoms. The minimum Gasteiger partial charge on any atom is -0.495 e. The first-order valence-corrected chi connectivity index (χ1v) is 5.14. The largest absolute Gasteiger partial charge is 0.495 e. The molecule has 0 saturated carbocycles. The van der Waals surface area contributed by atoms with Gasteiger partial charge < -0.3 is 20.3 Å². The number of rotatable bonds is 5. The number of carbonyl (C=O) groups excluding carboxylic acids is 1. The topological polar surface area (TPSA) is 91.7 Å². The molecule has 6 nitrogen and oxygen atoms in total. The highest BCUT2D eigenvalue weighted by molar-refractivity contribution is 5.72. The van der Waals surface area contributed by atoms with Crippen molar-refractivity contribution < 1.29 is 19.7 Å². The Morgan fingerprint density at radius 3 is 2.82 bits per heavy atom. The summed E-state index contributed by atoms with van der Waals surface area (Å²) in [6, 6.07) is 1.58. The molecule has 2 atom stereocenters. The van der Waals surface area contributed by atoms with Crippen LogP contribution in [0, 0.1) is 0 Å². The van der Waals surface area contributed by atoms with Gasteiger partial charge in [0, 0.05) is 25.2 Å². The fraction of sp³-hybridized carbons (Fsp3) is 0.455. The van der Waals surface area contributed by atoms with Crippen molar-refractivity contribution in [2.24, 2.45) is 0 Å². The van der Waals surface area contributed by atoms with Gasteiger partial charge in [0.05, 0.1) is 13.3 Å². The predicted octanol–water partition coefficient (Wildman–Crippen LogP) is -0.379. The molecule has 94 valence electrons. The molecule has 0 fully saturated rings. The van der Waals surface area contributed by atoms with Crippen LogP contribution in [-0.4, -0.2) is 40.9 Å². The van der Waals surface area contributed by atoms with E-state index in [1.165, 1.54) is 26.4 Å². The van der Waals surface area contributed by atoms with Gasteiger partial charge in [-0.05, 0) is 6.07 Å². The Balaban J connectivity index is 2.66. The Hall–Kier alpha value is -1.66. The molecule has 0 radical (unpaired) electrons. The summed E-state index contributed by atoms with van der Waals surface area (Å²) in [5.41, 5.74) is 0.433. The zero-order valence-electron chi connectivity index (χ0n) is 9.75. The Morgan fingerprint density at radius 2 is 2.24 bits per heavy atom. The van der Waals surface area contributed by atoms with E-state index in [0.717, 1.165) is 0 Å². The van der Waals surface area contributed by atoms with Crippen LogP contribution in [0.3, 0.4) is 0 Å². The normalized spacial score (nSPS) is 13.9. The van der Waals surface area contributed by atoms with E-state index in [1.807, 2.05) is 0 Å². The summed E-state index contributed by atoms with van der Waals surface area (Å²) in [5, 5.41) is 21.9. The highest BCUT2D eigenvalue weighted by atomic mass is 16.5. The van der Waals surface area contributed by atoms with Gasteiger partial charge in [0.2, 0.25) is 5.91 Å². The van der Waals surface area contributed by atoms with Crippen LogP contribution in [0.25, 0.3) is 0 Å². The number of carbonyl (C=O) groups is 1. The van der Waals surface area contributed by atoms with E-state index < -0.39 is 12.2 Å². The van der Waals surface area contributed by atoms with Gasteiger partial charge in [-0.1, -0.05) is 0 Å². The molecule has 1 rings (SSSR count). The van der Waals surface area contributed by atoms with Crippen molar-refractivity contribution in [3.8, 4) is 5.75 Å². The molecule has 0 aromatic carbocycles. The van der Waals surface area contributed by atoms with Crippen molar-refractivity contribution in [1.29, 1.82) is 0 Å². The van der Waals surface area contributed by atoms with E-state index in [4.69, 9.17) is 4.74 Å². The van der Waals surface area contributed by atoms with Gasteiger partial charge >= 0.3 is 0 Å². The minimum absolute atomic E-state index is 0.0201. The summed E-state index contributed by atoms with van der Waals surface area (Å²) in [7, 11) is 1.49. The molecule has 1 aromatic heterocycles. The maximum Gasteiger partial charge on any atom is 0.216 e. The van der Waals surface area contributed by atoms with Crippen molar-refractivity contribution in [2.75, 3.05) is 13.7 Å². The molecule has 0 aliphatic heterocycles. The Bertz CT molecular complexity index is 383. The molecule has 6 heteroatoms. The molecule has 0 spiro atoms. The predicted molar refractivity (Wildman–Crippen MR) is 60.4 cm³/mol. The van der Waals surface area contributed by atoms with Crippen LogP contribution in [0.4, 0.5) is 0 Å². The first-order valence-electron chi connectivity index (χ1n) is 5.14. The fourth-order valence-corrected chi connectivity index (χ4v) is 1.29. The molecule has 0 aliphatic carbocycles. The van der Waals surface area contributed by atoms with Crippen LogP contribution < -0.4 is 10.1 Å². The van der Waals surface area contributed by atoms with Crippen LogP contribution in [0.15, 0.2) is 18.5 Å². The number of amides is 1. The van der Waals surface area contributed by atoms with Gasteiger partial charge in [-0.2, -0.15) is 0 Å². The Morgan fingerprint density at radius 1 is 1.53 bits per heavy atom. The van der Waals surface area contributed by atoms with E-state index in [-0.39, 0.29) is 12.5 Å². The second-order valence-corrected chi connectivity index (χ2v) is 3.61. The van der Waals surface area contributed by atoms with Crippen LogP contribution in [0.1, 0.15) is 18.6 Å². The number of aliphatic hydroxyl groups is 2. The summed E-state index contributed by atoms with van der Waals surface area (Å²) >= 11 is 0. The van der Waals surface area contributed by atoms with Crippen LogP contribution >= 0.6 is 0 Å². The number of hydrogen-bond acceptors (Lipinski definition) is 5. The highest BCUT2D eigenvalue weighted by Gasteiger charge is 2.19. The summed E-state index contributed by atoms with van der Waals surface area (Å²) in [5.74, 6) is 0.230. The van der Waals surface area contributed by atoms with E-state index >= 15 is 0 Å². The maximum atomic E-state index is 10.7. The number of nitrogens with one attached hydrogen (secondary N) is 1. The lowest BCUT2D eigenvalue weighted by Crippen LogP contribution is -2.34. The molecular weight excluding hydrogens is 224 g/mol. The summed E-state index contributed by atoms with van der Waals surface area (Å²) in [6.07, 6.45) is 0.720. The number of ether oxygens (including phenoxy) is 1. The van der Waals surface area contributed by atoms with Crippen molar-refractivity contribution >= 4 is 5.91 Å². The molecule has 1 amide bonds. The van der Waals surface area contributed by atoms with Crippen LogP contribution in [0.2, 0.25) is 0 Å². The number of methoxy groups -OCH3 is 1. The SMILES string of the molecule is COc1cncc(C(O)C(O)CNC(C)=O)c1. The number of pyridine rings is 1. The smallest absolute Gasteiger partial charge is 0.216 e. The lowest BCUT2D eigenvalue weighted by atomic mass is 10.1. The first-order chi connectivity index (χ1) is 8.04. The molecule has 2 unspecified atom stereocenters. The monoisotopic (exact) mass is 240 g/mol. The van der Waals surface area contributed by atoms with Gasteiger partial charge in [-0.25, -0.2) is 0 Å². The minimum atomic E-state index is -1.12. The van der Waals surface area contributed by atoms with Crippen molar-refractivity contribution in [2.45, 2.75) is 19.1 Å². The Kier molecular flexibility index (Phi) is 4.86. The second kappa shape index (κ2) is 6.17. The molecule has 17 heavy (non-hydrogen) atoms.